The van der Waals surface area contributed by atoms with Crippen LogP contribution in [0.1, 0.15) is 0 Å². The lowest BCUT2D eigenvalue weighted by Crippen LogP contribution is -2.36. The summed E-state index contributed by atoms with van der Waals surface area (Å²) in [6.07, 6.45) is 0. The summed E-state index contributed by atoms with van der Waals surface area (Å²) >= 11 is 3.98. The molecule has 0 radical (unpaired) electrons. The maximum atomic E-state index is 4.73. The molecule has 18 heavy (non-hydrogen) atoms. The van der Waals surface area contributed by atoms with Crippen molar-refractivity contribution in [2.75, 3.05) is 5.75 Å². The van der Waals surface area contributed by atoms with Crippen LogP contribution in [0, 0.1) is 0 Å². The van der Waals surface area contributed by atoms with Gasteiger partial charge in [-0.05, 0) is 45.4 Å². The monoisotopic (exact) mass is 367 g/mol. The van der Waals surface area contributed by atoms with Gasteiger partial charge >= 0.3 is 5.16 Å². The van der Waals surface area contributed by atoms with Crippen LogP contribution in [-0.2, 0) is 0 Å². The van der Waals surface area contributed by atoms with Gasteiger partial charge in [0, 0.05) is 9.47 Å². The molecule has 6 heteroatoms. The molecule has 0 amide bonds. The summed E-state index contributed by atoms with van der Waals surface area (Å²) in [4.78, 5) is 7.97. The molecular weight excluding hydrogens is 359 g/mol. The highest BCUT2D eigenvalue weighted by Gasteiger charge is 2.30. The van der Waals surface area contributed by atoms with Crippen LogP contribution in [0.25, 0.3) is 27.8 Å². The Morgan fingerprint density at radius 1 is 1.39 bits per heavy atom. The maximum Gasteiger partial charge on any atom is 0.387 e. The zero-order valence-electron chi connectivity index (χ0n) is 9.22. The highest BCUT2D eigenvalue weighted by atomic mass is 127. The number of benzene rings is 1. The Morgan fingerprint density at radius 2 is 2.28 bits per heavy atom. The van der Waals surface area contributed by atoms with E-state index in [-0.39, 0.29) is 0 Å². The van der Waals surface area contributed by atoms with E-state index in [9.17, 15) is 0 Å². The Labute approximate surface area is 121 Å². The molecule has 0 bridgehead atoms. The fraction of sp³-hybridized carbons (Fsp3) is 0.0833. The van der Waals surface area contributed by atoms with E-state index in [1.54, 1.807) is 11.8 Å². The lowest BCUT2D eigenvalue weighted by molar-refractivity contribution is -0.682. The van der Waals surface area contributed by atoms with Crippen LogP contribution in [0.4, 0.5) is 0 Å². The van der Waals surface area contributed by atoms with Crippen LogP contribution in [0.5, 0.6) is 0 Å². The molecule has 0 atom stereocenters. The van der Waals surface area contributed by atoms with Gasteiger partial charge in [0.2, 0.25) is 0 Å². The maximum absolute atomic E-state index is 4.73. The predicted molar refractivity (Wildman–Crippen MR) is 80.6 cm³/mol. The molecule has 1 N–H and O–H groups in total. The van der Waals surface area contributed by atoms with Gasteiger partial charge in [-0.2, -0.15) is 0 Å². The largest absolute Gasteiger partial charge is 0.387 e. The van der Waals surface area contributed by atoms with Gasteiger partial charge < -0.3 is 4.98 Å². The molecule has 0 saturated heterocycles. The average Bonchev–Trinajstić information content (AvgIpc) is 2.96. The normalized spacial score (nSPS) is 16.8. The zero-order valence-corrected chi connectivity index (χ0v) is 12.2. The summed E-state index contributed by atoms with van der Waals surface area (Å²) in [5.74, 6) is 0.938. The molecule has 3 aromatic rings. The third-order valence-electron chi connectivity index (χ3n) is 3.00. The molecule has 0 unspecified atom stereocenters. The molecule has 4 rings (SSSR count). The van der Waals surface area contributed by atoms with Crippen molar-refractivity contribution in [3.63, 3.8) is 0 Å². The Balaban J connectivity index is 2.14. The van der Waals surface area contributed by atoms with Gasteiger partial charge in [-0.1, -0.05) is 28.0 Å². The van der Waals surface area contributed by atoms with Crippen LogP contribution < -0.4 is 4.68 Å². The summed E-state index contributed by atoms with van der Waals surface area (Å²) in [6, 6.07) is 8.17. The summed E-state index contributed by atoms with van der Waals surface area (Å²) < 4.78 is 4.01. The number of H-pyrrole nitrogens is 1. The lowest BCUT2D eigenvalue weighted by atomic mass is 10.2. The van der Waals surface area contributed by atoms with E-state index in [1.807, 2.05) is 16.8 Å². The van der Waals surface area contributed by atoms with Crippen molar-refractivity contribution >= 4 is 62.1 Å². The minimum Gasteiger partial charge on any atom is -0.317 e. The van der Waals surface area contributed by atoms with Gasteiger partial charge in [0.1, 0.15) is 0 Å². The number of hydrogen-bond donors (Lipinski definition) is 1. The van der Waals surface area contributed by atoms with Crippen molar-refractivity contribution in [3.05, 3.63) is 28.3 Å². The molecule has 1 aliphatic rings. The highest BCUT2D eigenvalue weighted by Crippen LogP contribution is 2.27. The Kier molecular flexibility index (Phi) is 2.34. The second-order valence-corrected chi connectivity index (χ2v) is 5.63. The molecule has 88 valence electrons. The molecule has 1 aromatic carbocycles. The second-order valence-electron chi connectivity index (χ2n) is 4.06. The first-order chi connectivity index (χ1) is 8.86. The number of halogens is 1. The molecule has 3 heterocycles. The highest BCUT2D eigenvalue weighted by molar-refractivity contribution is 14.1. The van der Waals surface area contributed by atoms with Crippen molar-refractivity contribution in [2.45, 2.75) is 5.16 Å². The first-order valence-corrected chi connectivity index (χ1v) is 7.73. The Morgan fingerprint density at radius 3 is 3.17 bits per heavy atom. The van der Waals surface area contributed by atoms with Gasteiger partial charge in [0.05, 0.1) is 11.3 Å². The number of rotatable bonds is 0. The first kappa shape index (κ1) is 10.7. The number of aromatic nitrogens is 4. The van der Waals surface area contributed by atoms with E-state index in [2.05, 4.69) is 48.8 Å². The number of fused-ring (bicyclic) bond motifs is 4. The van der Waals surface area contributed by atoms with Crippen LogP contribution in [-0.4, -0.2) is 20.8 Å². The van der Waals surface area contributed by atoms with Gasteiger partial charge in [0.15, 0.2) is 11.2 Å². The van der Waals surface area contributed by atoms with Crippen LogP contribution in [0.3, 0.4) is 0 Å². The summed E-state index contributed by atoms with van der Waals surface area (Å²) in [7, 11) is 0. The molecule has 0 fully saturated rings. The Bertz CT molecular complexity index is 808. The molecule has 0 spiro atoms. The van der Waals surface area contributed by atoms with Crippen molar-refractivity contribution < 1.29 is 4.68 Å². The van der Waals surface area contributed by atoms with Crippen LogP contribution >= 0.6 is 34.4 Å². The average molecular weight is 367 g/mol. The van der Waals surface area contributed by atoms with Gasteiger partial charge in [-0.15, -0.1) is 0 Å². The van der Waals surface area contributed by atoms with E-state index in [0.717, 1.165) is 33.0 Å². The van der Waals surface area contributed by atoms with Gasteiger partial charge in [-0.3, -0.25) is 0 Å². The third-order valence-corrected chi connectivity index (χ3v) is 4.68. The van der Waals surface area contributed by atoms with Crippen molar-refractivity contribution in [1.82, 2.24) is 15.1 Å². The number of nitrogens with zero attached hydrogens (tertiary/aromatic N) is 3. The van der Waals surface area contributed by atoms with Crippen LogP contribution in [0.15, 0.2) is 33.5 Å². The molecular formula is C12H8IN4S+. The van der Waals surface area contributed by atoms with E-state index < -0.39 is 0 Å². The van der Waals surface area contributed by atoms with Crippen molar-refractivity contribution in [3.8, 4) is 0 Å². The smallest absolute Gasteiger partial charge is 0.317 e. The number of hydrogen-bond acceptors (Lipinski definition) is 3. The van der Waals surface area contributed by atoms with E-state index in [4.69, 9.17) is 5.10 Å². The summed E-state index contributed by atoms with van der Waals surface area (Å²) in [5, 5.41) is 6.81. The minimum absolute atomic E-state index is 0.865. The van der Waals surface area contributed by atoms with Gasteiger partial charge in [-0.25, -0.2) is 0 Å². The summed E-state index contributed by atoms with van der Waals surface area (Å²) in [5.41, 5.74) is 4.08. The molecule has 0 aliphatic carbocycles. The molecule has 4 nitrogen and oxygen atoms in total. The fourth-order valence-electron chi connectivity index (χ4n) is 2.14. The first-order valence-electron chi connectivity index (χ1n) is 5.50. The molecule has 1 aliphatic heterocycles. The fourth-order valence-corrected chi connectivity index (χ4v) is 3.84. The standard InChI is InChI=1S/C12H7IN4S/c13-5-7-6-18-12-15-11-10(16-17(7)12)8-3-1-2-4-9(8)14-11/h1-5H,6H2/p+1/b7-5-. The van der Waals surface area contributed by atoms with Crippen molar-refractivity contribution in [1.29, 1.82) is 0 Å². The topological polar surface area (TPSA) is 45.5 Å². The van der Waals surface area contributed by atoms with Gasteiger partial charge in [0.25, 0.3) is 5.65 Å². The third kappa shape index (κ3) is 1.42. The predicted octanol–water partition coefficient (Wildman–Crippen LogP) is 2.74. The lowest BCUT2D eigenvalue weighted by Gasteiger charge is -1.92. The molecule has 2 aromatic heterocycles. The number of thioether (sulfide) groups is 1. The quantitative estimate of drug-likeness (QED) is 0.491. The zero-order chi connectivity index (χ0) is 12.1. The van der Waals surface area contributed by atoms with E-state index in [1.165, 1.54) is 5.70 Å². The van der Waals surface area contributed by atoms with Crippen molar-refractivity contribution in [2.24, 2.45) is 0 Å². The number of aromatic amines is 1. The van der Waals surface area contributed by atoms with E-state index in [0.29, 0.717) is 0 Å². The van der Waals surface area contributed by atoms with Crippen LogP contribution in [0.2, 0.25) is 0 Å². The number of para-hydroxylation sites is 1. The number of nitrogens with one attached hydrogen (secondary N) is 1. The van der Waals surface area contributed by atoms with E-state index >= 15 is 0 Å². The summed E-state index contributed by atoms with van der Waals surface area (Å²) in [6.45, 7) is 0. The Hall–Kier alpha value is -1.15. The second kappa shape index (κ2) is 3.92. The minimum atomic E-state index is 0.865. The SMILES string of the molecule is I/C=C1/CSc2nc3[nH]c4ccccc4c3n[n+]21. The molecule has 0 saturated carbocycles.